The molecule has 10 heteroatoms. The van der Waals surface area contributed by atoms with Crippen LogP contribution in [0.5, 0.6) is 0 Å². The number of aliphatic carboxylic acids is 1. The van der Waals surface area contributed by atoms with Crippen molar-refractivity contribution in [3.8, 4) is 0 Å². The maximum absolute atomic E-state index is 13.0. The quantitative estimate of drug-likeness (QED) is 0.772. The van der Waals surface area contributed by atoms with Crippen molar-refractivity contribution in [3.63, 3.8) is 0 Å². The summed E-state index contributed by atoms with van der Waals surface area (Å²) in [7, 11) is 0. The van der Waals surface area contributed by atoms with Crippen LogP contribution in [0.4, 0.5) is 0 Å². The molecule has 28 heavy (non-hydrogen) atoms. The Morgan fingerprint density at radius 2 is 2.11 bits per heavy atom. The fourth-order valence-corrected chi connectivity index (χ4v) is 3.27. The largest absolute Gasteiger partial charge is 0.480 e. The predicted molar refractivity (Wildman–Crippen MR) is 98.0 cm³/mol. The summed E-state index contributed by atoms with van der Waals surface area (Å²) in [4.78, 5) is 42.8. The fraction of sp³-hybridized carbons (Fsp3) is 0.500. The van der Waals surface area contributed by atoms with E-state index in [2.05, 4.69) is 10.1 Å². The Balaban J connectivity index is 1.75. The average molecular weight is 389 g/mol. The van der Waals surface area contributed by atoms with E-state index in [9.17, 15) is 14.4 Å². The zero-order valence-corrected chi connectivity index (χ0v) is 16.1. The van der Waals surface area contributed by atoms with Crippen LogP contribution in [-0.4, -0.2) is 86.2 Å². The van der Waals surface area contributed by atoms with Gasteiger partial charge < -0.3 is 19.6 Å². The van der Waals surface area contributed by atoms with E-state index in [4.69, 9.17) is 9.84 Å². The van der Waals surface area contributed by atoms with Crippen LogP contribution in [0.1, 0.15) is 28.7 Å². The number of amides is 2. The van der Waals surface area contributed by atoms with Crippen molar-refractivity contribution in [1.29, 1.82) is 0 Å². The molecule has 1 saturated heterocycles. The molecule has 0 saturated carbocycles. The van der Waals surface area contributed by atoms with E-state index in [1.165, 1.54) is 11.8 Å². The lowest BCUT2D eigenvalue weighted by Crippen LogP contribution is -2.51. The van der Waals surface area contributed by atoms with E-state index in [1.807, 2.05) is 19.9 Å². The summed E-state index contributed by atoms with van der Waals surface area (Å²) in [6, 6.07) is 1.84. The zero-order valence-electron chi connectivity index (χ0n) is 16.1. The van der Waals surface area contributed by atoms with Crippen LogP contribution in [0.3, 0.4) is 0 Å². The normalized spacial score (nSPS) is 17.0. The Hall–Kier alpha value is -3.01. The van der Waals surface area contributed by atoms with Crippen molar-refractivity contribution in [3.05, 3.63) is 29.2 Å². The molecule has 0 aliphatic carbocycles. The number of carbonyl (C=O) groups is 3. The van der Waals surface area contributed by atoms with Crippen LogP contribution < -0.4 is 0 Å². The molecule has 0 radical (unpaired) electrons. The number of carboxylic acid groups (broad SMARTS) is 1. The van der Waals surface area contributed by atoms with E-state index in [0.717, 1.165) is 5.69 Å². The van der Waals surface area contributed by atoms with Gasteiger partial charge in [0.05, 0.1) is 29.7 Å². The number of carbonyl (C=O) groups excluding carboxylic acids is 2. The van der Waals surface area contributed by atoms with Gasteiger partial charge in [-0.1, -0.05) is 0 Å². The molecule has 3 heterocycles. The van der Waals surface area contributed by atoms with E-state index in [-0.39, 0.29) is 24.9 Å². The maximum Gasteiger partial charge on any atom is 0.323 e. The van der Waals surface area contributed by atoms with E-state index in [1.54, 1.807) is 15.6 Å². The number of ether oxygens (including phenoxy) is 1. The van der Waals surface area contributed by atoms with Gasteiger partial charge in [-0.15, -0.1) is 0 Å². The molecule has 1 aliphatic heterocycles. The molecule has 1 unspecified atom stereocenters. The van der Waals surface area contributed by atoms with Crippen molar-refractivity contribution in [2.75, 3.05) is 32.8 Å². The summed E-state index contributed by atoms with van der Waals surface area (Å²) in [6.07, 6.45) is 1.09. The van der Waals surface area contributed by atoms with Crippen molar-refractivity contribution in [1.82, 2.24) is 24.4 Å². The van der Waals surface area contributed by atoms with Crippen LogP contribution in [0, 0.1) is 13.8 Å². The topological polar surface area (TPSA) is 117 Å². The Kier molecular flexibility index (Phi) is 5.59. The molecule has 10 nitrogen and oxygen atoms in total. The van der Waals surface area contributed by atoms with Crippen LogP contribution in [0.25, 0.3) is 5.65 Å². The highest BCUT2D eigenvalue weighted by molar-refractivity contribution is 5.95. The molecule has 1 fully saturated rings. The van der Waals surface area contributed by atoms with Gasteiger partial charge in [-0.2, -0.15) is 5.10 Å². The van der Waals surface area contributed by atoms with Crippen LogP contribution in [-0.2, 0) is 14.3 Å². The third-order valence-corrected chi connectivity index (χ3v) is 4.70. The Labute approximate surface area is 161 Å². The molecule has 1 atom stereocenters. The van der Waals surface area contributed by atoms with Crippen molar-refractivity contribution < 1.29 is 24.2 Å². The molecule has 1 N–H and O–H groups in total. The molecule has 2 aromatic rings. The van der Waals surface area contributed by atoms with Crippen molar-refractivity contribution >= 4 is 23.4 Å². The van der Waals surface area contributed by atoms with Gasteiger partial charge in [-0.3, -0.25) is 14.4 Å². The smallest absolute Gasteiger partial charge is 0.323 e. The molecule has 2 amide bonds. The molecule has 2 aromatic heterocycles. The number of aryl methyl sites for hydroxylation is 2. The lowest BCUT2D eigenvalue weighted by Gasteiger charge is -2.35. The Morgan fingerprint density at radius 3 is 2.79 bits per heavy atom. The molecule has 0 bridgehead atoms. The van der Waals surface area contributed by atoms with Gasteiger partial charge in [0.1, 0.15) is 6.54 Å². The molecule has 1 aliphatic rings. The minimum absolute atomic E-state index is 0.111. The first-order valence-corrected chi connectivity index (χ1v) is 8.96. The van der Waals surface area contributed by atoms with Gasteiger partial charge in [0, 0.05) is 38.8 Å². The molecular formula is C18H23N5O5. The monoisotopic (exact) mass is 389 g/mol. The van der Waals surface area contributed by atoms with E-state index < -0.39 is 18.6 Å². The number of fused-ring (bicyclic) bond motifs is 1. The summed E-state index contributed by atoms with van der Waals surface area (Å²) in [5.74, 6) is -1.64. The van der Waals surface area contributed by atoms with Crippen molar-refractivity contribution in [2.45, 2.75) is 26.9 Å². The molecule has 3 rings (SSSR count). The summed E-state index contributed by atoms with van der Waals surface area (Å²) >= 11 is 0. The van der Waals surface area contributed by atoms with Crippen LogP contribution >= 0.6 is 0 Å². The standard InChI is InChI=1S/C18H23N5O5/c1-11-6-16-19-7-15(12(2)23(16)20-11)18(27)21-4-5-28-14(8-21)9-22(13(3)24)10-17(25)26/h6-7,14H,4-5,8-10H2,1-3H3,(H,25,26). The summed E-state index contributed by atoms with van der Waals surface area (Å²) in [5, 5.41) is 13.3. The average Bonchev–Trinajstić information content (AvgIpc) is 3.02. The number of hydrogen-bond donors (Lipinski definition) is 1. The minimum atomic E-state index is -1.09. The highest BCUT2D eigenvalue weighted by Gasteiger charge is 2.29. The fourth-order valence-electron chi connectivity index (χ4n) is 3.27. The highest BCUT2D eigenvalue weighted by atomic mass is 16.5. The van der Waals surface area contributed by atoms with Crippen molar-refractivity contribution in [2.24, 2.45) is 0 Å². The second-order valence-corrected chi connectivity index (χ2v) is 6.85. The predicted octanol–water partition coefficient (Wildman–Crippen LogP) is 0.120. The van der Waals surface area contributed by atoms with Gasteiger partial charge in [-0.25, -0.2) is 9.50 Å². The molecule has 0 spiro atoms. The number of aromatic nitrogens is 3. The van der Waals surface area contributed by atoms with Gasteiger partial charge >= 0.3 is 5.97 Å². The van der Waals surface area contributed by atoms with Gasteiger partial charge in [0.15, 0.2) is 5.65 Å². The van der Waals surface area contributed by atoms with Gasteiger partial charge in [0.2, 0.25) is 5.91 Å². The number of nitrogens with zero attached hydrogens (tertiary/aromatic N) is 5. The zero-order chi connectivity index (χ0) is 20.4. The first-order chi connectivity index (χ1) is 13.3. The molecular weight excluding hydrogens is 366 g/mol. The number of hydrogen-bond acceptors (Lipinski definition) is 6. The third kappa shape index (κ3) is 4.11. The first kappa shape index (κ1) is 19.7. The summed E-state index contributed by atoms with van der Waals surface area (Å²) in [5.41, 5.74) is 2.64. The summed E-state index contributed by atoms with van der Waals surface area (Å²) in [6.45, 7) is 5.68. The van der Waals surface area contributed by atoms with Crippen LogP contribution in [0.15, 0.2) is 12.3 Å². The number of rotatable bonds is 5. The number of morpholine rings is 1. The Morgan fingerprint density at radius 1 is 1.36 bits per heavy atom. The highest BCUT2D eigenvalue weighted by Crippen LogP contribution is 2.16. The summed E-state index contributed by atoms with van der Waals surface area (Å²) < 4.78 is 7.29. The lowest BCUT2D eigenvalue weighted by molar-refractivity contribution is -0.145. The first-order valence-electron chi connectivity index (χ1n) is 8.96. The lowest BCUT2D eigenvalue weighted by atomic mass is 10.1. The maximum atomic E-state index is 13.0. The van der Waals surface area contributed by atoms with Crippen LogP contribution in [0.2, 0.25) is 0 Å². The third-order valence-electron chi connectivity index (χ3n) is 4.70. The Bertz CT molecular complexity index is 924. The number of carboxylic acids is 1. The van der Waals surface area contributed by atoms with E-state index in [0.29, 0.717) is 30.1 Å². The second kappa shape index (κ2) is 7.93. The second-order valence-electron chi connectivity index (χ2n) is 6.85. The molecule has 0 aromatic carbocycles. The van der Waals surface area contributed by atoms with E-state index >= 15 is 0 Å². The SMILES string of the molecule is CC(=O)N(CC(=O)O)CC1CN(C(=O)c2cnc3cc(C)nn3c2C)CCO1. The van der Waals surface area contributed by atoms with Gasteiger partial charge in [-0.05, 0) is 13.8 Å². The van der Waals surface area contributed by atoms with Gasteiger partial charge in [0.25, 0.3) is 5.91 Å². The minimum Gasteiger partial charge on any atom is -0.480 e. The molecule has 150 valence electrons.